The number of benzene rings is 2. The third-order valence-electron chi connectivity index (χ3n) is 6.27. The zero-order valence-electron chi connectivity index (χ0n) is 20.0. The molecule has 3 aromatic rings. The third-order valence-corrected chi connectivity index (χ3v) is 6.27. The number of nitrogens with zero attached hydrogens (tertiary/aromatic N) is 3. The number of piperidine rings is 1. The highest BCUT2D eigenvalue weighted by atomic mass is 16.5. The van der Waals surface area contributed by atoms with Crippen molar-refractivity contribution >= 4 is 0 Å². The van der Waals surface area contributed by atoms with E-state index >= 15 is 0 Å². The van der Waals surface area contributed by atoms with Crippen LogP contribution < -0.4 is 9.47 Å². The van der Waals surface area contributed by atoms with Gasteiger partial charge in [0.05, 0.1) is 12.7 Å². The summed E-state index contributed by atoms with van der Waals surface area (Å²) < 4.78 is 13.8. The normalized spacial score (nSPS) is 16.0. The first-order valence-electron chi connectivity index (χ1n) is 11.7. The summed E-state index contributed by atoms with van der Waals surface area (Å²) in [5, 5.41) is 15.3. The van der Waals surface area contributed by atoms with Crippen LogP contribution in [0.5, 0.6) is 11.5 Å². The lowest BCUT2D eigenvalue weighted by Crippen LogP contribution is -2.47. The molecule has 0 atom stereocenters. The van der Waals surface area contributed by atoms with Crippen LogP contribution in [0.2, 0.25) is 0 Å². The molecule has 0 unspecified atom stereocenters. The Hall–Kier alpha value is -2.83. The first-order valence-corrected chi connectivity index (χ1v) is 11.7. The van der Waals surface area contributed by atoms with Crippen LogP contribution in [0.1, 0.15) is 35.1 Å². The van der Waals surface area contributed by atoms with Crippen LogP contribution in [-0.4, -0.2) is 51.7 Å². The Morgan fingerprint density at radius 2 is 1.82 bits per heavy atom. The summed E-state index contributed by atoms with van der Waals surface area (Å²) in [6.45, 7) is 10.3. The minimum Gasteiger partial charge on any atom is -0.492 e. The number of aromatic nitrogens is 2. The van der Waals surface area contributed by atoms with E-state index in [1.165, 1.54) is 11.1 Å². The summed E-state index contributed by atoms with van der Waals surface area (Å²) in [4.78, 5) is 2.39. The molecule has 176 valence electrons. The Bertz CT molecular complexity index is 1050. The summed E-state index contributed by atoms with van der Waals surface area (Å²) in [5.74, 6) is 1.74. The quantitative estimate of drug-likeness (QED) is 0.528. The highest BCUT2D eigenvalue weighted by molar-refractivity contribution is 5.35. The zero-order valence-corrected chi connectivity index (χ0v) is 20.0. The molecule has 0 spiro atoms. The molecule has 0 radical (unpaired) electrons. The van der Waals surface area contributed by atoms with Gasteiger partial charge in [0.15, 0.2) is 0 Å². The average Bonchev–Trinajstić information content (AvgIpc) is 3.20. The van der Waals surface area contributed by atoms with Crippen LogP contribution in [0.3, 0.4) is 0 Å². The largest absolute Gasteiger partial charge is 0.492 e. The third kappa shape index (κ3) is 6.59. The van der Waals surface area contributed by atoms with E-state index in [9.17, 15) is 5.11 Å². The number of likely N-dealkylation sites (tertiary alicyclic amines) is 1. The lowest BCUT2D eigenvalue weighted by molar-refractivity contribution is -0.0538. The molecule has 0 aliphatic carbocycles. The Balaban J connectivity index is 1.23. The first-order chi connectivity index (χ1) is 15.9. The van der Waals surface area contributed by atoms with Gasteiger partial charge < -0.3 is 14.6 Å². The van der Waals surface area contributed by atoms with Gasteiger partial charge in [0, 0.05) is 25.8 Å². The summed E-state index contributed by atoms with van der Waals surface area (Å²) in [5.41, 5.74) is 3.93. The molecule has 6 heteroatoms. The number of hydrogen-bond donors (Lipinski definition) is 1. The van der Waals surface area contributed by atoms with E-state index < -0.39 is 5.60 Å². The van der Waals surface area contributed by atoms with Crippen LogP contribution in [0, 0.1) is 20.8 Å². The van der Waals surface area contributed by atoms with Gasteiger partial charge in [-0.05, 0) is 68.5 Å². The fourth-order valence-corrected chi connectivity index (χ4v) is 4.28. The second-order valence-corrected chi connectivity index (χ2v) is 9.33. The SMILES string of the molecule is Cc1ccc(OCC2(O)CCN(Cc3cccc(OCCn4cc(C)cn4)c3)CC2)c(C)c1. The minimum absolute atomic E-state index is 0.337. The minimum atomic E-state index is -0.774. The van der Waals surface area contributed by atoms with Crippen LogP contribution >= 0.6 is 0 Å². The molecule has 2 aromatic carbocycles. The lowest BCUT2D eigenvalue weighted by atomic mass is 9.92. The summed E-state index contributed by atoms with van der Waals surface area (Å²) in [7, 11) is 0. The van der Waals surface area contributed by atoms with Gasteiger partial charge in [0.25, 0.3) is 0 Å². The lowest BCUT2D eigenvalue weighted by Gasteiger charge is -2.38. The molecule has 2 heterocycles. The monoisotopic (exact) mass is 449 g/mol. The Morgan fingerprint density at radius 1 is 1.00 bits per heavy atom. The number of aryl methyl sites for hydroxylation is 3. The van der Waals surface area contributed by atoms with Crippen molar-refractivity contribution in [2.45, 2.75) is 52.3 Å². The van der Waals surface area contributed by atoms with E-state index in [1.807, 2.05) is 55.2 Å². The predicted octanol–water partition coefficient (Wildman–Crippen LogP) is 4.29. The number of ether oxygens (including phenoxy) is 2. The molecule has 1 fully saturated rings. The molecular weight excluding hydrogens is 414 g/mol. The second-order valence-electron chi connectivity index (χ2n) is 9.33. The number of rotatable bonds is 9. The van der Waals surface area contributed by atoms with Gasteiger partial charge in [-0.15, -0.1) is 0 Å². The summed E-state index contributed by atoms with van der Waals surface area (Å²) in [6, 6.07) is 14.4. The molecule has 33 heavy (non-hydrogen) atoms. The zero-order chi connectivity index (χ0) is 23.3. The smallest absolute Gasteiger partial charge is 0.122 e. The standard InChI is InChI=1S/C27H35N3O3/c1-21-7-8-26(23(3)15-21)33-20-27(31)9-11-29(12-10-27)19-24-5-4-6-25(16-24)32-14-13-30-18-22(2)17-28-30/h4-8,15-18,31H,9-14,19-20H2,1-3H3. The van der Waals surface area contributed by atoms with Crippen LogP contribution in [-0.2, 0) is 13.1 Å². The fraction of sp³-hybridized carbons (Fsp3) is 0.444. The molecule has 1 aliphatic rings. The first kappa shape index (κ1) is 23.3. The maximum atomic E-state index is 11.0. The second kappa shape index (κ2) is 10.4. The van der Waals surface area contributed by atoms with E-state index in [-0.39, 0.29) is 0 Å². The van der Waals surface area contributed by atoms with Crippen molar-refractivity contribution in [3.8, 4) is 11.5 Å². The van der Waals surface area contributed by atoms with Crippen molar-refractivity contribution in [1.29, 1.82) is 0 Å². The molecule has 4 rings (SSSR count). The molecule has 1 aromatic heterocycles. The molecular formula is C27H35N3O3. The molecule has 1 saturated heterocycles. The van der Waals surface area contributed by atoms with Gasteiger partial charge in [-0.1, -0.05) is 29.8 Å². The highest BCUT2D eigenvalue weighted by Gasteiger charge is 2.33. The highest BCUT2D eigenvalue weighted by Crippen LogP contribution is 2.27. The molecule has 1 N–H and O–H groups in total. The molecule has 0 amide bonds. The van der Waals surface area contributed by atoms with Gasteiger partial charge >= 0.3 is 0 Å². The molecule has 1 aliphatic heterocycles. The van der Waals surface area contributed by atoms with Crippen molar-refractivity contribution in [3.05, 3.63) is 77.1 Å². The topological polar surface area (TPSA) is 59.8 Å². The predicted molar refractivity (Wildman–Crippen MR) is 130 cm³/mol. The van der Waals surface area contributed by atoms with Crippen molar-refractivity contribution in [2.24, 2.45) is 0 Å². The molecule has 0 saturated carbocycles. The Labute approximate surface area is 196 Å². The Morgan fingerprint density at radius 3 is 2.55 bits per heavy atom. The van der Waals surface area contributed by atoms with E-state index in [0.717, 1.165) is 48.8 Å². The maximum absolute atomic E-state index is 11.0. The van der Waals surface area contributed by atoms with Gasteiger partial charge in [-0.3, -0.25) is 9.58 Å². The van der Waals surface area contributed by atoms with Gasteiger partial charge in [0.1, 0.15) is 30.3 Å². The number of aliphatic hydroxyl groups is 1. The summed E-state index contributed by atoms with van der Waals surface area (Å²) >= 11 is 0. The van der Waals surface area contributed by atoms with Crippen molar-refractivity contribution in [3.63, 3.8) is 0 Å². The van der Waals surface area contributed by atoms with Crippen molar-refractivity contribution in [2.75, 3.05) is 26.3 Å². The van der Waals surface area contributed by atoms with Crippen LogP contribution in [0.25, 0.3) is 0 Å². The average molecular weight is 450 g/mol. The maximum Gasteiger partial charge on any atom is 0.122 e. The number of hydrogen-bond acceptors (Lipinski definition) is 5. The van der Waals surface area contributed by atoms with Gasteiger partial charge in [0.2, 0.25) is 0 Å². The Kier molecular flexibility index (Phi) is 7.36. The fourth-order valence-electron chi connectivity index (χ4n) is 4.28. The van der Waals surface area contributed by atoms with E-state index in [4.69, 9.17) is 9.47 Å². The van der Waals surface area contributed by atoms with Crippen molar-refractivity contribution in [1.82, 2.24) is 14.7 Å². The van der Waals surface area contributed by atoms with Crippen LogP contribution in [0.15, 0.2) is 54.9 Å². The van der Waals surface area contributed by atoms with E-state index in [2.05, 4.69) is 35.1 Å². The molecule has 0 bridgehead atoms. The van der Waals surface area contributed by atoms with E-state index in [0.29, 0.717) is 26.1 Å². The van der Waals surface area contributed by atoms with Gasteiger partial charge in [-0.2, -0.15) is 5.10 Å². The van der Waals surface area contributed by atoms with Crippen molar-refractivity contribution < 1.29 is 14.6 Å². The van der Waals surface area contributed by atoms with E-state index in [1.54, 1.807) is 0 Å². The molecule has 6 nitrogen and oxygen atoms in total. The summed E-state index contributed by atoms with van der Waals surface area (Å²) in [6.07, 6.45) is 5.29. The van der Waals surface area contributed by atoms with Gasteiger partial charge in [-0.25, -0.2) is 0 Å². The van der Waals surface area contributed by atoms with Crippen LogP contribution in [0.4, 0.5) is 0 Å².